The zero-order chi connectivity index (χ0) is 17.4. The maximum atomic E-state index is 12.0. The molecule has 0 radical (unpaired) electrons. The number of aliphatic hydroxyl groups is 1. The van der Waals surface area contributed by atoms with Crippen LogP contribution in [0.4, 0.5) is 5.82 Å². The molecule has 2 aromatic rings. The number of anilines is 1. The average Bonchev–Trinajstić information content (AvgIpc) is 3.19. The number of aromatic amines is 2. The number of amides is 1. The van der Waals surface area contributed by atoms with Crippen LogP contribution in [0, 0.1) is 0 Å². The molecule has 1 amide bonds. The number of carbonyl (C=O) groups excluding carboxylic acids is 1. The number of hydrogen-bond acceptors (Lipinski definition) is 6. The van der Waals surface area contributed by atoms with E-state index >= 15 is 0 Å². The molecule has 0 aromatic carbocycles. The van der Waals surface area contributed by atoms with E-state index in [1.165, 1.54) is 6.20 Å². The Morgan fingerprint density at radius 3 is 2.88 bits per heavy atom. The summed E-state index contributed by atoms with van der Waals surface area (Å²) in [4.78, 5) is 38.6. The molecular formula is C16H20N6O3. The molecule has 25 heavy (non-hydrogen) atoms. The highest BCUT2D eigenvalue weighted by Crippen LogP contribution is 2.36. The molecule has 1 unspecified atom stereocenters. The zero-order valence-corrected chi connectivity index (χ0v) is 13.6. The monoisotopic (exact) mass is 344 g/mol. The molecule has 4 rings (SSSR count). The fraction of sp³-hybridized carbons (Fsp3) is 0.500. The Morgan fingerprint density at radius 2 is 2.20 bits per heavy atom. The van der Waals surface area contributed by atoms with Gasteiger partial charge in [-0.2, -0.15) is 0 Å². The number of β-amino-alcohol motifs (C(OH)–C–C–N with tert-alkyl or cyclic N) is 1. The van der Waals surface area contributed by atoms with Gasteiger partial charge in [0.25, 0.3) is 5.91 Å². The van der Waals surface area contributed by atoms with E-state index in [2.05, 4.69) is 30.2 Å². The lowest BCUT2D eigenvalue weighted by molar-refractivity contribution is 0.0903. The molecule has 132 valence electrons. The first-order valence-corrected chi connectivity index (χ1v) is 8.42. The maximum absolute atomic E-state index is 12.0. The quantitative estimate of drug-likeness (QED) is 0.605. The third-order valence-electron chi connectivity index (χ3n) is 4.89. The van der Waals surface area contributed by atoms with Crippen molar-refractivity contribution in [1.29, 1.82) is 0 Å². The summed E-state index contributed by atoms with van der Waals surface area (Å²) in [7, 11) is 0. The molecule has 0 bridgehead atoms. The topological polar surface area (TPSA) is 127 Å². The van der Waals surface area contributed by atoms with E-state index in [0.717, 1.165) is 37.3 Å². The molecule has 1 saturated carbocycles. The summed E-state index contributed by atoms with van der Waals surface area (Å²) < 4.78 is 0. The standard InChI is InChI=1S/C16H20N6O3/c23-11-1-2-22(7-11)14-5-12(18-8-19-14)9-3-10(4-9)20-15(24)13-6-17-16(25)21-13/h5-6,8-11,23H,1-4,7H2,(H,20,24)(H2,17,21,25). The van der Waals surface area contributed by atoms with Crippen LogP contribution in [0.2, 0.25) is 0 Å². The summed E-state index contributed by atoms with van der Waals surface area (Å²) in [6.07, 6.45) is 5.01. The summed E-state index contributed by atoms with van der Waals surface area (Å²) in [5, 5.41) is 12.6. The third kappa shape index (κ3) is 3.27. The molecule has 2 aliphatic rings. The Kier molecular flexibility index (Phi) is 4.00. The predicted molar refractivity (Wildman–Crippen MR) is 89.5 cm³/mol. The van der Waals surface area contributed by atoms with Gasteiger partial charge in [-0.3, -0.25) is 4.79 Å². The van der Waals surface area contributed by atoms with Gasteiger partial charge >= 0.3 is 5.69 Å². The van der Waals surface area contributed by atoms with Crippen LogP contribution in [0.3, 0.4) is 0 Å². The van der Waals surface area contributed by atoms with Gasteiger partial charge in [0.2, 0.25) is 0 Å². The summed E-state index contributed by atoms with van der Waals surface area (Å²) >= 11 is 0. The lowest BCUT2D eigenvalue weighted by Gasteiger charge is -2.35. The van der Waals surface area contributed by atoms with Gasteiger partial charge in [-0.05, 0) is 19.3 Å². The van der Waals surface area contributed by atoms with Crippen LogP contribution < -0.4 is 15.9 Å². The molecule has 9 nitrogen and oxygen atoms in total. The minimum Gasteiger partial charge on any atom is -0.391 e. The Morgan fingerprint density at radius 1 is 1.36 bits per heavy atom. The van der Waals surface area contributed by atoms with Gasteiger partial charge in [-0.15, -0.1) is 0 Å². The number of aromatic nitrogens is 4. The smallest absolute Gasteiger partial charge is 0.323 e. The number of hydrogen-bond donors (Lipinski definition) is 4. The van der Waals surface area contributed by atoms with Gasteiger partial charge in [0.05, 0.1) is 6.10 Å². The van der Waals surface area contributed by atoms with Gasteiger partial charge < -0.3 is 25.3 Å². The van der Waals surface area contributed by atoms with Crippen molar-refractivity contribution in [3.05, 3.63) is 40.5 Å². The van der Waals surface area contributed by atoms with Gasteiger partial charge in [0.15, 0.2) is 0 Å². The minimum atomic E-state index is -0.391. The van der Waals surface area contributed by atoms with E-state index in [-0.39, 0.29) is 29.7 Å². The van der Waals surface area contributed by atoms with Crippen LogP contribution in [0.1, 0.15) is 41.4 Å². The number of aliphatic hydroxyl groups excluding tert-OH is 1. The Labute approximate surface area is 143 Å². The second-order valence-electron chi connectivity index (χ2n) is 6.68. The largest absolute Gasteiger partial charge is 0.391 e. The lowest BCUT2D eigenvalue weighted by Crippen LogP contribution is -2.43. The Balaban J connectivity index is 1.34. The zero-order valence-electron chi connectivity index (χ0n) is 13.6. The summed E-state index contributed by atoms with van der Waals surface area (Å²) in [5.41, 5.74) is 0.814. The summed E-state index contributed by atoms with van der Waals surface area (Å²) in [5.74, 6) is 0.847. The first-order chi connectivity index (χ1) is 12.1. The highest BCUT2D eigenvalue weighted by Gasteiger charge is 2.33. The molecule has 1 aliphatic heterocycles. The lowest BCUT2D eigenvalue weighted by atomic mass is 9.78. The number of carbonyl (C=O) groups is 1. The molecule has 1 aliphatic carbocycles. The van der Waals surface area contributed by atoms with Crippen LogP contribution in [0.5, 0.6) is 0 Å². The van der Waals surface area contributed by atoms with Crippen molar-refractivity contribution in [1.82, 2.24) is 25.3 Å². The second-order valence-corrected chi connectivity index (χ2v) is 6.68. The summed E-state index contributed by atoms with van der Waals surface area (Å²) in [6, 6.07) is 2.05. The van der Waals surface area contributed by atoms with Crippen molar-refractivity contribution >= 4 is 11.7 Å². The maximum Gasteiger partial charge on any atom is 0.323 e. The molecule has 2 fully saturated rings. The van der Waals surface area contributed by atoms with Crippen molar-refractivity contribution in [3.8, 4) is 0 Å². The molecule has 1 atom stereocenters. The first-order valence-electron chi connectivity index (χ1n) is 8.42. The molecule has 2 aromatic heterocycles. The van der Waals surface area contributed by atoms with Gasteiger partial charge in [0, 0.05) is 43.0 Å². The Bertz CT molecular complexity index is 825. The van der Waals surface area contributed by atoms with Crippen LogP contribution >= 0.6 is 0 Å². The molecule has 3 heterocycles. The summed E-state index contributed by atoms with van der Waals surface area (Å²) in [6.45, 7) is 1.41. The fourth-order valence-corrected chi connectivity index (χ4v) is 3.40. The fourth-order valence-electron chi connectivity index (χ4n) is 3.40. The van der Waals surface area contributed by atoms with Crippen LogP contribution in [-0.4, -0.2) is 56.2 Å². The van der Waals surface area contributed by atoms with Crippen molar-refractivity contribution in [2.75, 3.05) is 18.0 Å². The van der Waals surface area contributed by atoms with E-state index in [4.69, 9.17) is 0 Å². The van der Waals surface area contributed by atoms with Crippen molar-refractivity contribution in [2.24, 2.45) is 0 Å². The van der Waals surface area contributed by atoms with E-state index in [1.54, 1.807) is 6.33 Å². The number of nitrogens with one attached hydrogen (secondary N) is 3. The average molecular weight is 344 g/mol. The molecular weight excluding hydrogens is 324 g/mol. The number of H-pyrrole nitrogens is 2. The van der Waals surface area contributed by atoms with Crippen molar-refractivity contribution < 1.29 is 9.90 Å². The van der Waals surface area contributed by atoms with Crippen molar-refractivity contribution in [3.63, 3.8) is 0 Å². The third-order valence-corrected chi connectivity index (χ3v) is 4.89. The van der Waals surface area contributed by atoms with Crippen molar-refractivity contribution in [2.45, 2.75) is 37.3 Å². The van der Waals surface area contributed by atoms with E-state index in [9.17, 15) is 14.7 Å². The number of imidazole rings is 1. The molecule has 0 spiro atoms. The highest BCUT2D eigenvalue weighted by atomic mass is 16.3. The van der Waals surface area contributed by atoms with Crippen LogP contribution in [0.15, 0.2) is 23.4 Å². The molecule has 4 N–H and O–H groups in total. The first kappa shape index (κ1) is 15.8. The number of nitrogens with zero attached hydrogens (tertiary/aromatic N) is 3. The number of rotatable bonds is 4. The Hall–Kier alpha value is -2.68. The predicted octanol–water partition coefficient (Wildman–Crippen LogP) is -0.260. The van der Waals surface area contributed by atoms with Gasteiger partial charge in [-0.25, -0.2) is 14.8 Å². The normalized spacial score (nSPS) is 25.6. The SMILES string of the molecule is O=C(NC1CC(c2cc(N3CCC(O)C3)ncn2)C1)c1c[nH]c(=O)[nH]1. The van der Waals surface area contributed by atoms with Gasteiger partial charge in [-0.1, -0.05) is 0 Å². The van der Waals surface area contributed by atoms with E-state index < -0.39 is 5.69 Å². The highest BCUT2D eigenvalue weighted by molar-refractivity contribution is 5.92. The van der Waals surface area contributed by atoms with Crippen LogP contribution in [0.25, 0.3) is 0 Å². The minimum absolute atomic E-state index is 0.0722. The van der Waals surface area contributed by atoms with E-state index in [1.807, 2.05) is 6.07 Å². The van der Waals surface area contributed by atoms with Gasteiger partial charge in [0.1, 0.15) is 17.8 Å². The second kappa shape index (κ2) is 6.32. The van der Waals surface area contributed by atoms with Crippen LogP contribution in [-0.2, 0) is 0 Å². The molecule has 9 heteroatoms. The molecule has 1 saturated heterocycles. The van der Waals surface area contributed by atoms with E-state index in [0.29, 0.717) is 6.54 Å².